The molecule has 0 spiro atoms. The molecule has 1 N–H and O–H groups in total. The van der Waals surface area contributed by atoms with Crippen LogP contribution in [0.15, 0.2) is 61.2 Å². The summed E-state index contributed by atoms with van der Waals surface area (Å²) in [6.07, 6.45) is 5.60. The van der Waals surface area contributed by atoms with Crippen molar-refractivity contribution in [2.45, 2.75) is 0 Å². The van der Waals surface area contributed by atoms with Crippen LogP contribution in [0.25, 0.3) is 12.2 Å². The van der Waals surface area contributed by atoms with Gasteiger partial charge in [0.2, 0.25) is 0 Å². The molecule has 2 nitrogen and oxygen atoms in total. The third-order valence-electron chi connectivity index (χ3n) is 2.55. The molecule has 0 amide bonds. The molecule has 2 aromatic carbocycles. The first-order chi connectivity index (χ1) is 9.28. The molecule has 0 heterocycles. The van der Waals surface area contributed by atoms with E-state index in [1.165, 1.54) is 0 Å². The van der Waals surface area contributed by atoms with Crippen LogP contribution in [0.1, 0.15) is 11.1 Å². The van der Waals surface area contributed by atoms with Gasteiger partial charge in [0.25, 0.3) is 0 Å². The van der Waals surface area contributed by atoms with Crippen LogP contribution >= 0.6 is 0 Å². The van der Waals surface area contributed by atoms with E-state index in [1.807, 2.05) is 48.6 Å². The molecule has 0 aliphatic carbocycles. The molecule has 19 heavy (non-hydrogen) atoms. The summed E-state index contributed by atoms with van der Waals surface area (Å²) < 4.78 is 5.42. The van der Waals surface area contributed by atoms with E-state index in [1.54, 1.807) is 18.2 Å². The molecule has 0 bridgehead atoms. The summed E-state index contributed by atoms with van der Waals surface area (Å²) in [4.78, 5) is 0. The fourth-order valence-electron chi connectivity index (χ4n) is 1.70. The van der Waals surface area contributed by atoms with Crippen molar-refractivity contribution in [3.05, 3.63) is 72.3 Å². The second-order valence-electron chi connectivity index (χ2n) is 4.10. The van der Waals surface area contributed by atoms with Gasteiger partial charge in [-0.05, 0) is 23.3 Å². The number of hydrogen-bond acceptors (Lipinski definition) is 2. The summed E-state index contributed by atoms with van der Waals surface area (Å²) in [5.74, 6) is 0.821. The molecule has 0 aliphatic heterocycles. The quantitative estimate of drug-likeness (QED) is 0.640. The van der Waals surface area contributed by atoms with Crippen molar-refractivity contribution in [1.82, 2.24) is 0 Å². The zero-order valence-corrected chi connectivity index (χ0v) is 10.6. The lowest BCUT2D eigenvalue weighted by molar-refractivity contribution is 0.360. The number of benzene rings is 2. The molecule has 2 heteroatoms. The molecular weight excluding hydrogens is 236 g/mol. The number of hydrogen-bond donors (Lipinski definition) is 1. The average molecular weight is 252 g/mol. The summed E-state index contributed by atoms with van der Waals surface area (Å²) in [6.45, 7) is 4.02. The SMILES string of the molecule is C=CCOc1cc(O)cc(/C=C/c2ccccc2)c1. The minimum absolute atomic E-state index is 0.189. The topological polar surface area (TPSA) is 29.5 Å². The maximum atomic E-state index is 9.65. The Bertz CT molecular complexity index is 571. The van der Waals surface area contributed by atoms with Gasteiger partial charge in [-0.25, -0.2) is 0 Å². The summed E-state index contributed by atoms with van der Waals surface area (Å²) in [6, 6.07) is 15.2. The Balaban J connectivity index is 2.18. The van der Waals surface area contributed by atoms with Crippen LogP contribution in [0.2, 0.25) is 0 Å². The van der Waals surface area contributed by atoms with E-state index in [-0.39, 0.29) is 5.75 Å². The van der Waals surface area contributed by atoms with Crippen LogP contribution in [-0.2, 0) is 0 Å². The highest BCUT2D eigenvalue weighted by Gasteiger charge is 1.98. The number of ether oxygens (including phenoxy) is 1. The van der Waals surface area contributed by atoms with E-state index in [0.29, 0.717) is 12.4 Å². The van der Waals surface area contributed by atoms with E-state index in [9.17, 15) is 5.11 Å². The highest BCUT2D eigenvalue weighted by Crippen LogP contribution is 2.23. The first-order valence-corrected chi connectivity index (χ1v) is 6.09. The smallest absolute Gasteiger partial charge is 0.124 e. The largest absolute Gasteiger partial charge is 0.508 e. The Morgan fingerprint density at radius 1 is 1.00 bits per heavy atom. The molecule has 0 atom stereocenters. The van der Waals surface area contributed by atoms with Gasteiger partial charge >= 0.3 is 0 Å². The van der Waals surface area contributed by atoms with Crippen LogP contribution in [0.5, 0.6) is 11.5 Å². The molecule has 0 saturated carbocycles. The van der Waals surface area contributed by atoms with Gasteiger partial charge in [0, 0.05) is 6.07 Å². The second kappa shape index (κ2) is 6.45. The van der Waals surface area contributed by atoms with Crippen molar-refractivity contribution in [2.75, 3.05) is 6.61 Å². The highest BCUT2D eigenvalue weighted by molar-refractivity contribution is 5.70. The van der Waals surface area contributed by atoms with Crippen molar-refractivity contribution < 1.29 is 9.84 Å². The van der Waals surface area contributed by atoms with Gasteiger partial charge in [-0.2, -0.15) is 0 Å². The van der Waals surface area contributed by atoms with Crippen LogP contribution in [-0.4, -0.2) is 11.7 Å². The fourth-order valence-corrected chi connectivity index (χ4v) is 1.70. The van der Waals surface area contributed by atoms with Crippen molar-refractivity contribution in [3.63, 3.8) is 0 Å². The fraction of sp³-hybridized carbons (Fsp3) is 0.0588. The van der Waals surface area contributed by atoms with E-state index in [4.69, 9.17) is 4.74 Å². The van der Waals surface area contributed by atoms with Crippen molar-refractivity contribution in [2.24, 2.45) is 0 Å². The van der Waals surface area contributed by atoms with E-state index in [2.05, 4.69) is 6.58 Å². The molecule has 0 aliphatic rings. The Labute approximate surface area is 113 Å². The highest BCUT2D eigenvalue weighted by atomic mass is 16.5. The average Bonchev–Trinajstić information content (AvgIpc) is 2.43. The third-order valence-corrected chi connectivity index (χ3v) is 2.55. The van der Waals surface area contributed by atoms with Gasteiger partial charge in [-0.15, -0.1) is 0 Å². The van der Waals surface area contributed by atoms with Gasteiger partial charge < -0.3 is 9.84 Å². The second-order valence-corrected chi connectivity index (χ2v) is 4.10. The predicted octanol–water partition coefficient (Wildman–Crippen LogP) is 4.13. The van der Waals surface area contributed by atoms with E-state index < -0.39 is 0 Å². The van der Waals surface area contributed by atoms with Crippen LogP contribution < -0.4 is 4.74 Å². The molecule has 96 valence electrons. The van der Waals surface area contributed by atoms with Crippen molar-refractivity contribution >= 4 is 12.2 Å². The van der Waals surface area contributed by atoms with E-state index >= 15 is 0 Å². The summed E-state index contributed by atoms with van der Waals surface area (Å²) in [5, 5.41) is 9.65. The Kier molecular flexibility index (Phi) is 4.40. The third kappa shape index (κ3) is 4.03. The van der Waals surface area contributed by atoms with Crippen molar-refractivity contribution in [3.8, 4) is 11.5 Å². The summed E-state index contributed by atoms with van der Waals surface area (Å²) >= 11 is 0. The molecule has 0 unspecified atom stereocenters. The lowest BCUT2D eigenvalue weighted by Gasteiger charge is -2.05. The van der Waals surface area contributed by atoms with Gasteiger partial charge in [-0.3, -0.25) is 0 Å². The lowest BCUT2D eigenvalue weighted by atomic mass is 10.1. The zero-order valence-electron chi connectivity index (χ0n) is 10.6. The van der Waals surface area contributed by atoms with Gasteiger partial charge in [-0.1, -0.05) is 55.1 Å². The minimum Gasteiger partial charge on any atom is -0.508 e. The Morgan fingerprint density at radius 3 is 2.47 bits per heavy atom. The number of aromatic hydroxyl groups is 1. The first kappa shape index (κ1) is 13.0. The summed E-state index contributed by atoms with van der Waals surface area (Å²) in [7, 11) is 0. The maximum Gasteiger partial charge on any atom is 0.124 e. The number of phenols is 1. The number of phenolic OH excluding ortho intramolecular Hbond substituents is 1. The monoisotopic (exact) mass is 252 g/mol. The van der Waals surface area contributed by atoms with Gasteiger partial charge in [0.1, 0.15) is 18.1 Å². The molecule has 0 aromatic heterocycles. The zero-order chi connectivity index (χ0) is 13.5. The molecular formula is C17H16O2. The van der Waals surface area contributed by atoms with Gasteiger partial charge in [0.05, 0.1) is 0 Å². The van der Waals surface area contributed by atoms with Crippen LogP contribution in [0, 0.1) is 0 Å². The Hall–Kier alpha value is -2.48. The predicted molar refractivity (Wildman–Crippen MR) is 79.2 cm³/mol. The van der Waals surface area contributed by atoms with Gasteiger partial charge in [0.15, 0.2) is 0 Å². The normalized spacial score (nSPS) is 10.5. The number of rotatable bonds is 5. The maximum absolute atomic E-state index is 9.65. The Morgan fingerprint density at radius 2 is 1.74 bits per heavy atom. The molecule has 0 radical (unpaired) electrons. The first-order valence-electron chi connectivity index (χ1n) is 6.09. The van der Waals surface area contributed by atoms with Crippen molar-refractivity contribution in [1.29, 1.82) is 0 Å². The van der Waals surface area contributed by atoms with Crippen LogP contribution in [0.4, 0.5) is 0 Å². The molecule has 2 rings (SSSR count). The lowest BCUT2D eigenvalue weighted by Crippen LogP contribution is -1.92. The molecule has 0 fully saturated rings. The van der Waals surface area contributed by atoms with E-state index in [0.717, 1.165) is 11.1 Å². The summed E-state index contributed by atoms with van der Waals surface area (Å²) in [5.41, 5.74) is 2.00. The minimum atomic E-state index is 0.189. The molecule has 2 aromatic rings. The molecule has 0 saturated heterocycles. The standard InChI is InChI=1S/C17H16O2/c1-2-10-19-17-12-15(11-16(18)13-17)9-8-14-6-4-3-5-7-14/h2-9,11-13,18H,1,10H2/b9-8+. The van der Waals surface area contributed by atoms with Crippen LogP contribution in [0.3, 0.4) is 0 Å².